The number of amides is 1. The number of thiocarbonyl (C=S) groups is 1. The first kappa shape index (κ1) is 15.8. The van der Waals surface area contributed by atoms with Gasteiger partial charge in [-0.2, -0.15) is 5.10 Å². The average Bonchev–Trinajstić information content (AvgIpc) is 2.73. The van der Waals surface area contributed by atoms with Gasteiger partial charge in [0.1, 0.15) is 16.8 Å². The predicted molar refractivity (Wildman–Crippen MR) is 87.3 cm³/mol. The molecule has 0 aromatic carbocycles. The molecule has 3 N–H and O–H groups in total. The topological polar surface area (TPSA) is 76.2 Å². The third kappa shape index (κ3) is 3.34. The first-order valence-corrected chi connectivity index (χ1v) is 7.71. The third-order valence-corrected chi connectivity index (χ3v) is 4.06. The van der Waals surface area contributed by atoms with Gasteiger partial charge in [0.25, 0.3) is 0 Å². The van der Waals surface area contributed by atoms with Crippen LogP contribution >= 0.6 is 12.2 Å². The molecule has 1 atom stereocenters. The minimum Gasteiger partial charge on any atom is -0.389 e. The molecule has 1 saturated heterocycles. The number of hydrogen-bond acceptors (Lipinski definition) is 4. The first-order chi connectivity index (χ1) is 9.91. The van der Waals surface area contributed by atoms with E-state index in [-0.39, 0.29) is 11.9 Å². The summed E-state index contributed by atoms with van der Waals surface area (Å²) in [6.07, 6.45) is 3.38. The number of nitrogens with zero attached hydrogens (tertiary/aromatic N) is 3. The SMILES string of the molecule is Cc1nn(C)c(NC(C)C(=O)N2CCCCC2)c1C(N)=S. The van der Waals surface area contributed by atoms with Gasteiger partial charge in [0.15, 0.2) is 0 Å². The Bertz CT molecular complexity index is 548. The van der Waals surface area contributed by atoms with Gasteiger partial charge in [-0.1, -0.05) is 12.2 Å². The number of carbonyl (C=O) groups is 1. The quantitative estimate of drug-likeness (QED) is 0.817. The van der Waals surface area contributed by atoms with Gasteiger partial charge in [-0.25, -0.2) is 0 Å². The number of carbonyl (C=O) groups excluding carboxylic acids is 1. The second-order valence-corrected chi connectivity index (χ2v) is 5.99. The van der Waals surface area contributed by atoms with Crippen LogP contribution in [0.3, 0.4) is 0 Å². The molecule has 1 aromatic heterocycles. The van der Waals surface area contributed by atoms with Crippen LogP contribution in [0.2, 0.25) is 0 Å². The van der Waals surface area contributed by atoms with Gasteiger partial charge in [0, 0.05) is 20.1 Å². The summed E-state index contributed by atoms with van der Waals surface area (Å²) in [4.78, 5) is 14.7. The lowest BCUT2D eigenvalue weighted by Gasteiger charge is -2.29. The van der Waals surface area contributed by atoms with Crippen LogP contribution in [0, 0.1) is 6.92 Å². The Morgan fingerprint density at radius 1 is 1.38 bits per heavy atom. The van der Waals surface area contributed by atoms with Crippen molar-refractivity contribution in [2.24, 2.45) is 12.8 Å². The Labute approximate surface area is 130 Å². The molecule has 1 aromatic rings. The average molecular weight is 309 g/mol. The number of aromatic nitrogens is 2. The number of likely N-dealkylation sites (tertiary alicyclic amines) is 1. The van der Waals surface area contributed by atoms with Gasteiger partial charge >= 0.3 is 0 Å². The molecule has 2 heterocycles. The maximum atomic E-state index is 12.5. The molecule has 0 bridgehead atoms. The number of hydrogen-bond donors (Lipinski definition) is 2. The van der Waals surface area contributed by atoms with Crippen molar-refractivity contribution in [3.8, 4) is 0 Å². The highest BCUT2D eigenvalue weighted by atomic mass is 32.1. The van der Waals surface area contributed by atoms with Crippen molar-refractivity contribution in [2.75, 3.05) is 18.4 Å². The van der Waals surface area contributed by atoms with Crippen molar-refractivity contribution >= 4 is 28.9 Å². The minimum absolute atomic E-state index is 0.113. The van der Waals surface area contributed by atoms with Crippen LogP contribution < -0.4 is 11.1 Å². The van der Waals surface area contributed by atoms with Gasteiger partial charge in [0.05, 0.1) is 11.3 Å². The minimum atomic E-state index is -0.328. The molecule has 1 unspecified atom stereocenters. The predicted octanol–water partition coefficient (Wildman–Crippen LogP) is 1.18. The molecule has 0 aliphatic carbocycles. The van der Waals surface area contributed by atoms with E-state index in [9.17, 15) is 4.79 Å². The molecule has 0 radical (unpaired) electrons. The zero-order valence-electron chi connectivity index (χ0n) is 12.8. The van der Waals surface area contributed by atoms with Crippen LogP contribution in [-0.2, 0) is 11.8 Å². The molecule has 0 saturated carbocycles. The summed E-state index contributed by atoms with van der Waals surface area (Å²) in [7, 11) is 1.81. The van der Waals surface area contributed by atoms with Crippen molar-refractivity contribution in [2.45, 2.75) is 39.2 Å². The molecule has 1 fully saturated rings. The lowest BCUT2D eigenvalue weighted by Crippen LogP contribution is -2.44. The summed E-state index contributed by atoms with van der Waals surface area (Å²) in [6, 6.07) is -0.328. The van der Waals surface area contributed by atoms with E-state index >= 15 is 0 Å². The maximum absolute atomic E-state index is 12.5. The molecule has 1 aliphatic rings. The lowest BCUT2D eigenvalue weighted by atomic mass is 10.1. The number of nitrogens with one attached hydrogen (secondary N) is 1. The van der Waals surface area contributed by atoms with E-state index in [2.05, 4.69) is 10.4 Å². The lowest BCUT2D eigenvalue weighted by molar-refractivity contribution is -0.132. The highest BCUT2D eigenvalue weighted by molar-refractivity contribution is 7.80. The molecule has 1 amide bonds. The van der Waals surface area contributed by atoms with Gasteiger partial charge in [-0.3, -0.25) is 9.48 Å². The van der Waals surface area contributed by atoms with E-state index in [1.807, 2.05) is 25.8 Å². The number of nitrogens with two attached hydrogens (primary N) is 1. The molecule has 0 spiro atoms. The second kappa shape index (κ2) is 6.43. The van der Waals surface area contributed by atoms with E-state index in [0.29, 0.717) is 16.4 Å². The van der Waals surface area contributed by atoms with E-state index in [4.69, 9.17) is 18.0 Å². The molecular formula is C14H23N5OS. The van der Waals surface area contributed by atoms with Crippen LogP contribution in [0.4, 0.5) is 5.82 Å². The summed E-state index contributed by atoms with van der Waals surface area (Å²) in [5, 5.41) is 7.54. The van der Waals surface area contributed by atoms with E-state index in [0.717, 1.165) is 31.6 Å². The van der Waals surface area contributed by atoms with Crippen LogP contribution in [0.15, 0.2) is 0 Å². The van der Waals surface area contributed by atoms with Crippen molar-refractivity contribution in [3.05, 3.63) is 11.3 Å². The third-order valence-electron chi connectivity index (χ3n) is 3.86. The standard InChI is InChI=1S/C14H23N5OS/c1-9-11(12(15)21)13(18(3)17-9)16-10(2)14(20)19-7-5-4-6-8-19/h10,16H,4-8H2,1-3H3,(H2,15,21). The Kier molecular flexibility index (Phi) is 4.82. The largest absolute Gasteiger partial charge is 0.389 e. The number of rotatable bonds is 4. The molecule has 116 valence electrons. The van der Waals surface area contributed by atoms with Crippen LogP contribution in [-0.4, -0.2) is 44.7 Å². The normalized spacial score (nSPS) is 16.6. The fraction of sp³-hybridized carbons (Fsp3) is 0.643. The van der Waals surface area contributed by atoms with Gasteiger partial charge in [-0.05, 0) is 33.1 Å². The van der Waals surface area contributed by atoms with Crippen molar-refractivity contribution < 1.29 is 4.79 Å². The van der Waals surface area contributed by atoms with E-state index in [1.54, 1.807) is 4.68 Å². The zero-order valence-corrected chi connectivity index (χ0v) is 13.7. The number of piperidine rings is 1. The van der Waals surface area contributed by atoms with Gasteiger partial charge in [-0.15, -0.1) is 0 Å². The summed E-state index contributed by atoms with van der Waals surface area (Å²) in [5.41, 5.74) is 7.25. The van der Waals surface area contributed by atoms with Gasteiger partial charge in [0.2, 0.25) is 5.91 Å². The van der Waals surface area contributed by atoms with E-state index in [1.165, 1.54) is 6.42 Å². The van der Waals surface area contributed by atoms with Crippen LogP contribution in [0.1, 0.15) is 37.4 Å². The first-order valence-electron chi connectivity index (χ1n) is 7.30. The van der Waals surface area contributed by atoms with Crippen molar-refractivity contribution in [3.63, 3.8) is 0 Å². The molecule has 7 heteroatoms. The summed E-state index contributed by atoms with van der Waals surface area (Å²) in [5.74, 6) is 0.820. The monoisotopic (exact) mass is 309 g/mol. The maximum Gasteiger partial charge on any atom is 0.244 e. The van der Waals surface area contributed by atoms with Crippen LogP contribution in [0.5, 0.6) is 0 Å². The smallest absolute Gasteiger partial charge is 0.244 e. The zero-order chi connectivity index (χ0) is 15.6. The Morgan fingerprint density at radius 2 is 2.00 bits per heavy atom. The molecule has 6 nitrogen and oxygen atoms in total. The highest BCUT2D eigenvalue weighted by Crippen LogP contribution is 2.20. The van der Waals surface area contributed by atoms with Crippen molar-refractivity contribution in [1.82, 2.24) is 14.7 Å². The summed E-state index contributed by atoms with van der Waals surface area (Å²) < 4.78 is 1.68. The Balaban J connectivity index is 2.14. The number of aryl methyl sites for hydroxylation is 2. The molecule has 21 heavy (non-hydrogen) atoms. The summed E-state index contributed by atoms with van der Waals surface area (Å²) in [6.45, 7) is 5.41. The second-order valence-electron chi connectivity index (χ2n) is 5.55. The fourth-order valence-corrected chi connectivity index (χ4v) is 3.02. The van der Waals surface area contributed by atoms with Gasteiger partial charge < -0.3 is 16.0 Å². The Hall–Kier alpha value is -1.63. The molecule has 1 aliphatic heterocycles. The van der Waals surface area contributed by atoms with Crippen LogP contribution in [0.25, 0.3) is 0 Å². The molecular weight excluding hydrogens is 286 g/mol. The Morgan fingerprint density at radius 3 is 2.57 bits per heavy atom. The van der Waals surface area contributed by atoms with Crippen molar-refractivity contribution in [1.29, 1.82) is 0 Å². The summed E-state index contributed by atoms with van der Waals surface area (Å²) >= 11 is 5.08. The fourth-order valence-electron chi connectivity index (χ4n) is 2.77. The van der Waals surface area contributed by atoms with E-state index < -0.39 is 0 Å². The number of anilines is 1. The highest BCUT2D eigenvalue weighted by Gasteiger charge is 2.24. The molecule has 2 rings (SSSR count).